The summed E-state index contributed by atoms with van der Waals surface area (Å²) in [5, 5.41) is 2.93. The van der Waals surface area contributed by atoms with E-state index >= 15 is 0 Å². The summed E-state index contributed by atoms with van der Waals surface area (Å²) in [5.74, 6) is 0.261. The maximum absolute atomic E-state index is 12.3. The van der Waals surface area contributed by atoms with E-state index in [1.807, 2.05) is 0 Å². The van der Waals surface area contributed by atoms with Crippen LogP contribution in [0.1, 0.15) is 17.3 Å². The fourth-order valence-electron chi connectivity index (χ4n) is 1.49. The van der Waals surface area contributed by atoms with E-state index in [1.54, 1.807) is 7.05 Å². The second-order valence-electron chi connectivity index (χ2n) is 3.26. The van der Waals surface area contributed by atoms with Gasteiger partial charge in [-0.1, -0.05) is 0 Å². The van der Waals surface area contributed by atoms with Crippen LogP contribution in [0.15, 0.2) is 12.3 Å². The van der Waals surface area contributed by atoms with Gasteiger partial charge >= 0.3 is 6.18 Å². The molecule has 2 heterocycles. The number of pyridine rings is 1. The third-order valence-electron chi connectivity index (χ3n) is 2.31. The van der Waals surface area contributed by atoms with Crippen molar-refractivity contribution in [2.24, 2.45) is 0 Å². The number of likely N-dealkylation sites (N-methyl/N-ethyl adjacent to an activating group) is 1. The second-order valence-corrected chi connectivity index (χ2v) is 3.26. The Kier molecular flexibility index (Phi) is 2.30. The Bertz CT molecular complexity index is 378. The van der Waals surface area contributed by atoms with E-state index in [4.69, 9.17) is 4.74 Å². The number of aromatic nitrogens is 1. The highest BCUT2D eigenvalue weighted by Crippen LogP contribution is 2.36. The molecule has 1 aromatic heterocycles. The number of hydrogen-bond donors (Lipinski definition) is 1. The first-order chi connectivity index (χ1) is 7.02. The summed E-state index contributed by atoms with van der Waals surface area (Å²) in [7, 11) is 1.72. The first-order valence-electron chi connectivity index (χ1n) is 4.39. The molecule has 0 amide bonds. The summed E-state index contributed by atoms with van der Waals surface area (Å²) in [4.78, 5) is 3.37. The number of fused-ring (bicyclic) bond motifs is 1. The van der Waals surface area contributed by atoms with Gasteiger partial charge in [0.2, 0.25) is 0 Å². The first-order valence-corrected chi connectivity index (χ1v) is 4.39. The van der Waals surface area contributed by atoms with Gasteiger partial charge in [-0.2, -0.15) is 13.2 Å². The molecule has 15 heavy (non-hydrogen) atoms. The van der Waals surface area contributed by atoms with Crippen LogP contribution < -0.4 is 10.1 Å². The van der Waals surface area contributed by atoms with Crippen molar-refractivity contribution >= 4 is 0 Å². The number of hydrogen-bond acceptors (Lipinski definition) is 3. The highest BCUT2D eigenvalue weighted by atomic mass is 19.4. The molecular formula is C9H9F3N2O. The van der Waals surface area contributed by atoms with Crippen molar-refractivity contribution < 1.29 is 17.9 Å². The highest BCUT2D eigenvalue weighted by molar-refractivity contribution is 5.39. The topological polar surface area (TPSA) is 34.1 Å². The highest BCUT2D eigenvalue weighted by Gasteiger charge is 2.35. The molecule has 82 valence electrons. The van der Waals surface area contributed by atoms with Gasteiger partial charge in [-0.3, -0.25) is 4.98 Å². The van der Waals surface area contributed by atoms with Crippen LogP contribution in [0, 0.1) is 0 Å². The molecule has 1 N–H and O–H groups in total. The maximum Gasteiger partial charge on any atom is 0.433 e. The van der Waals surface area contributed by atoms with Crippen LogP contribution in [-0.4, -0.2) is 18.6 Å². The Morgan fingerprint density at radius 2 is 2.27 bits per heavy atom. The Balaban J connectivity index is 2.37. The van der Waals surface area contributed by atoms with Gasteiger partial charge in [0.1, 0.15) is 18.1 Å². The molecule has 1 aromatic rings. The van der Waals surface area contributed by atoms with Gasteiger partial charge in [0.25, 0.3) is 0 Å². The third kappa shape index (κ3) is 1.77. The van der Waals surface area contributed by atoms with Crippen molar-refractivity contribution in [1.82, 2.24) is 10.3 Å². The standard InChI is InChI=1S/C9H9F3N2O/c1-13-6-4-15-7-2-8(9(10,11)12)14-3-5(6)7/h2-3,6,13H,4H2,1H3/t6-/m1/s1. The summed E-state index contributed by atoms with van der Waals surface area (Å²) in [5.41, 5.74) is -0.247. The van der Waals surface area contributed by atoms with Crippen LogP contribution in [-0.2, 0) is 6.18 Å². The SMILES string of the molecule is CN[C@@H]1COc2cc(C(F)(F)F)ncc21. The normalized spacial score (nSPS) is 19.9. The summed E-state index contributed by atoms with van der Waals surface area (Å²) in [6, 6.07) is 0.863. The Labute approximate surface area is 84.3 Å². The molecule has 0 radical (unpaired) electrons. The largest absolute Gasteiger partial charge is 0.491 e. The number of nitrogens with zero attached hydrogens (tertiary/aromatic N) is 1. The minimum atomic E-state index is -4.42. The van der Waals surface area contributed by atoms with E-state index in [0.29, 0.717) is 12.2 Å². The van der Waals surface area contributed by atoms with Crippen molar-refractivity contribution in [2.45, 2.75) is 12.2 Å². The molecule has 2 rings (SSSR count). The van der Waals surface area contributed by atoms with E-state index in [0.717, 1.165) is 6.07 Å². The van der Waals surface area contributed by atoms with Crippen LogP contribution in [0.25, 0.3) is 0 Å². The molecule has 0 spiro atoms. The minimum Gasteiger partial charge on any atom is -0.491 e. The fourth-order valence-corrected chi connectivity index (χ4v) is 1.49. The molecule has 0 bridgehead atoms. The maximum atomic E-state index is 12.3. The fraction of sp³-hybridized carbons (Fsp3) is 0.444. The number of halogens is 3. The zero-order valence-electron chi connectivity index (χ0n) is 7.93. The zero-order valence-corrected chi connectivity index (χ0v) is 7.93. The molecule has 1 atom stereocenters. The van der Waals surface area contributed by atoms with Crippen molar-refractivity contribution in [3.63, 3.8) is 0 Å². The molecule has 3 nitrogen and oxygen atoms in total. The van der Waals surface area contributed by atoms with Crippen LogP contribution in [0.2, 0.25) is 0 Å². The number of rotatable bonds is 1. The van der Waals surface area contributed by atoms with Crippen molar-refractivity contribution in [2.75, 3.05) is 13.7 Å². The molecule has 1 aliphatic heterocycles. The van der Waals surface area contributed by atoms with Crippen LogP contribution >= 0.6 is 0 Å². The third-order valence-corrected chi connectivity index (χ3v) is 2.31. The predicted octanol–water partition coefficient (Wildman–Crippen LogP) is 1.75. The number of ether oxygens (including phenoxy) is 1. The molecule has 0 saturated heterocycles. The smallest absolute Gasteiger partial charge is 0.433 e. The lowest BCUT2D eigenvalue weighted by atomic mass is 10.1. The van der Waals surface area contributed by atoms with Crippen LogP contribution in [0.4, 0.5) is 13.2 Å². The van der Waals surface area contributed by atoms with Gasteiger partial charge in [-0.15, -0.1) is 0 Å². The molecule has 0 saturated carbocycles. The van der Waals surface area contributed by atoms with Gasteiger partial charge in [-0.25, -0.2) is 0 Å². The lowest BCUT2D eigenvalue weighted by Gasteiger charge is -2.08. The van der Waals surface area contributed by atoms with Crippen LogP contribution in [0.3, 0.4) is 0 Å². The molecule has 0 fully saturated rings. The second kappa shape index (κ2) is 3.37. The van der Waals surface area contributed by atoms with Gasteiger partial charge < -0.3 is 10.1 Å². The van der Waals surface area contributed by atoms with Crippen LogP contribution in [0.5, 0.6) is 5.75 Å². The Hall–Kier alpha value is -1.30. The minimum absolute atomic E-state index is 0.0743. The quantitative estimate of drug-likeness (QED) is 0.779. The summed E-state index contributed by atoms with van der Waals surface area (Å²) < 4.78 is 42.0. The molecule has 0 unspecified atom stereocenters. The van der Waals surface area contributed by atoms with E-state index in [-0.39, 0.29) is 11.8 Å². The van der Waals surface area contributed by atoms with Gasteiger partial charge in [0.15, 0.2) is 0 Å². The average molecular weight is 218 g/mol. The summed E-state index contributed by atoms with van der Waals surface area (Å²) in [6.45, 7) is 0.342. The van der Waals surface area contributed by atoms with Crippen molar-refractivity contribution in [3.05, 3.63) is 23.5 Å². The number of alkyl halides is 3. The molecule has 6 heteroatoms. The van der Waals surface area contributed by atoms with E-state index in [2.05, 4.69) is 10.3 Å². The average Bonchev–Trinajstić information content (AvgIpc) is 2.58. The van der Waals surface area contributed by atoms with E-state index in [1.165, 1.54) is 6.20 Å². The Morgan fingerprint density at radius 3 is 2.87 bits per heavy atom. The molecule has 1 aliphatic rings. The lowest BCUT2D eigenvalue weighted by molar-refractivity contribution is -0.141. The Morgan fingerprint density at radius 1 is 1.53 bits per heavy atom. The van der Waals surface area contributed by atoms with E-state index < -0.39 is 11.9 Å². The van der Waals surface area contributed by atoms with Gasteiger partial charge in [-0.05, 0) is 7.05 Å². The monoisotopic (exact) mass is 218 g/mol. The molecule has 0 aromatic carbocycles. The van der Waals surface area contributed by atoms with Gasteiger partial charge in [0.05, 0.1) is 6.04 Å². The predicted molar refractivity (Wildman–Crippen MR) is 46.5 cm³/mol. The molecule has 0 aliphatic carbocycles. The summed E-state index contributed by atoms with van der Waals surface area (Å²) in [6.07, 6.45) is -3.21. The summed E-state index contributed by atoms with van der Waals surface area (Å²) >= 11 is 0. The van der Waals surface area contributed by atoms with Gasteiger partial charge in [0, 0.05) is 17.8 Å². The number of nitrogens with one attached hydrogen (secondary N) is 1. The van der Waals surface area contributed by atoms with E-state index in [9.17, 15) is 13.2 Å². The first kappa shape index (κ1) is 10.2. The lowest BCUT2D eigenvalue weighted by Crippen LogP contribution is -2.17. The van der Waals surface area contributed by atoms with Crippen molar-refractivity contribution in [3.8, 4) is 5.75 Å². The van der Waals surface area contributed by atoms with Crippen molar-refractivity contribution in [1.29, 1.82) is 0 Å². The zero-order chi connectivity index (χ0) is 11.1. The molecular weight excluding hydrogens is 209 g/mol.